The summed E-state index contributed by atoms with van der Waals surface area (Å²) in [6.45, 7) is 4.12. The van der Waals surface area contributed by atoms with Gasteiger partial charge in [0.1, 0.15) is 5.75 Å². The summed E-state index contributed by atoms with van der Waals surface area (Å²) in [6.07, 6.45) is 0. The SMILES string of the molecule is CC(C)C(c1ccccc1)c1cc(C(=O)O)ccc1O. The Labute approximate surface area is 118 Å². The highest BCUT2D eigenvalue weighted by Gasteiger charge is 2.22. The van der Waals surface area contributed by atoms with E-state index in [9.17, 15) is 9.90 Å². The second kappa shape index (κ2) is 5.78. The maximum atomic E-state index is 11.1. The topological polar surface area (TPSA) is 57.5 Å². The van der Waals surface area contributed by atoms with Crippen molar-refractivity contribution < 1.29 is 15.0 Å². The molecule has 0 saturated carbocycles. The molecule has 2 rings (SSSR count). The number of hydrogen-bond donors (Lipinski definition) is 2. The zero-order valence-electron chi connectivity index (χ0n) is 11.6. The van der Waals surface area contributed by atoms with Gasteiger partial charge in [-0.3, -0.25) is 0 Å². The number of carboxylic acids is 1. The van der Waals surface area contributed by atoms with E-state index in [0.717, 1.165) is 5.56 Å². The van der Waals surface area contributed by atoms with Gasteiger partial charge in [0.25, 0.3) is 0 Å². The molecular weight excluding hydrogens is 252 g/mol. The van der Waals surface area contributed by atoms with Gasteiger partial charge in [-0.2, -0.15) is 0 Å². The number of benzene rings is 2. The molecule has 0 aromatic heterocycles. The van der Waals surface area contributed by atoms with E-state index in [0.29, 0.717) is 5.56 Å². The average molecular weight is 270 g/mol. The van der Waals surface area contributed by atoms with Crippen molar-refractivity contribution in [2.75, 3.05) is 0 Å². The van der Waals surface area contributed by atoms with Gasteiger partial charge >= 0.3 is 5.97 Å². The Morgan fingerprint density at radius 2 is 1.70 bits per heavy atom. The molecule has 0 fully saturated rings. The molecule has 3 heteroatoms. The quantitative estimate of drug-likeness (QED) is 0.886. The van der Waals surface area contributed by atoms with Gasteiger partial charge in [0.15, 0.2) is 0 Å². The van der Waals surface area contributed by atoms with Crippen LogP contribution < -0.4 is 0 Å². The summed E-state index contributed by atoms with van der Waals surface area (Å²) in [7, 11) is 0. The molecule has 2 aromatic rings. The van der Waals surface area contributed by atoms with Crippen molar-refractivity contribution in [1.82, 2.24) is 0 Å². The number of phenolic OH excluding ortho intramolecular Hbond substituents is 1. The minimum absolute atomic E-state index is 0.0319. The summed E-state index contributed by atoms with van der Waals surface area (Å²) in [6, 6.07) is 14.3. The summed E-state index contributed by atoms with van der Waals surface area (Å²) in [4.78, 5) is 11.1. The van der Waals surface area contributed by atoms with Crippen molar-refractivity contribution in [2.24, 2.45) is 5.92 Å². The highest BCUT2D eigenvalue weighted by molar-refractivity contribution is 5.88. The van der Waals surface area contributed by atoms with Crippen molar-refractivity contribution in [3.8, 4) is 5.75 Å². The van der Waals surface area contributed by atoms with Crippen LogP contribution in [-0.2, 0) is 0 Å². The second-order valence-corrected chi connectivity index (χ2v) is 5.21. The molecule has 1 atom stereocenters. The highest BCUT2D eigenvalue weighted by Crippen LogP contribution is 2.37. The molecule has 0 aliphatic carbocycles. The number of hydrogen-bond acceptors (Lipinski definition) is 2. The maximum absolute atomic E-state index is 11.1. The van der Waals surface area contributed by atoms with Gasteiger partial charge < -0.3 is 10.2 Å². The van der Waals surface area contributed by atoms with Gasteiger partial charge in [-0.15, -0.1) is 0 Å². The van der Waals surface area contributed by atoms with E-state index in [1.54, 1.807) is 6.07 Å². The smallest absolute Gasteiger partial charge is 0.335 e. The summed E-state index contributed by atoms with van der Waals surface area (Å²) in [5, 5.41) is 19.2. The van der Waals surface area contributed by atoms with Crippen LogP contribution in [0.4, 0.5) is 0 Å². The van der Waals surface area contributed by atoms with Crippen LogP contribution in [0, 0.1) is 5.92 Å². The van der Waals surface area contributed by atoms with Crippen molar-refractivity contribution >= 4 is 5.97 Å². The first-order valence-corrected chi connectivity index (χ1v) is 6.62. The molecule has 0 saturated heterocycles. The lowest BCUT2D eigenvalue weighted by Crippen LogP contribution is -2.10. The van der Waals surface area contributed by atoms with E-state index in [2.05, 4.69) is 13.8 Å². The fraction of sp³-hybridized carbons (Fsp3) is 0.235. The van der Waals surface area contributed by atoms with E-state index < -0.39 is 5.97 Å². The van der Waals surface area contributed by atoms with Crippen LogP contribution in [0.3, 0.4) is 0 Å². The number of rotatable bonds is 4. The lowest BCUT2D eigenvalue weighted by Gasteiger charge is -2.23. The zero-order chi connectivity index (χ0) is 14.7. The van der Waals surface area contributed by atoms with Crippen LogP contribution in [0.5, 0.6) is 5.75 Å². The summed E-state index contributed by atoms with van der Waals surface area (Å²) >= 11 is 0. The molecule has 3 nitrogen and oxygen atoms in total. The number of aromatic hydroxyl groups is 1. The molecule has 0 aliphatic heterocycles. The molecule has 0 aliphatic rings. The lowest BCUT2D eigenvalue weighted by atomic mass is 9.81. The van der Waals surface area contributed by atoms with E-state index in [1.807, 2.05) is 30.3 Å². The van der Waals surface area contributed by atoms with Gasteiger partial charge in [-0.05, 0) is 29.7 Å². The molecule has 0 radical (unpaired) electrons. The Bertz CT molecular complexity index is 603. The first-order chi connectivity index (χ1) is 9.50. The van der Waals surface area contributed by atoms with Crippen molar-refractivity contribution in [3.05, 3.63) is 65.2 Å². The van der Waals surface area contributed by atoms with Crippen LogP contribution >= 0.6 is 0 Å². The number of carbonyl (C=O) groups is 1. The number of aromatic carboxylic acids is 1. The standard InChI is InChI=1S/C17H18O3/c1-11(2)16(12-6-4-3-5-7-12)14-10-13(17(19)20)8-9-15(14)18/h3-11,16,18H,1-2H3,(H,19,20). The Kier molecular flexibility index (Phi) is 4.08. The fourth-order valence-electron chi connectivity index (χ4n) is 2.52. The monoisotopic (exact) mass is 270 g/mol. The molecule has 2 N–H and O–H groups in total. The Morgan fingerprint density at radius 1 is 1.05 bits per heavy atom. The minimum Gasteiger partial charge on any atom is -0.508 e. The van der Waals surface area contributed by atoms with E-state index >= 15 is 0 Å². The maximum Gasteiger partial charge on any atom is 0.335 e. The van der Waals surface area contributed by atoms with Crippen LogP contribution in [0.15, 0.2) is 48.5 Å². The second-order valence-electron chi connectivity index (χ2n) is 5.21. The molecule has 104 valence electrons. The van der Waals surface area contributed by atoms with Crippen molar-refractivity contribution in [3.63, 3.8) is 0 Å². The van der Waals surface area contributed by atoms with Crippen LogP contribution in [0.25, 0.3) is 0 Å². The Hall–Kier alpha value is -2.29. The van der Waals surface area contributed by atoms with E-state index in [4.69, 9.17) is 5.11 Å². The first kappa shape index (κ1) is 14.1. The highest BCUT2D eigenvalue weighted by atomic mass is 16.4. The van der Waals surface area contributed by atoms with Crippen LogP contribution in [0.2, 0.25) is 0 Å². The number of phenols is 1. The Balaban J connectivity index is 2.55. The zero-order valence-corrected chi connectivity index (χ0v) is 11.6. The molecule has 0 heterocycles. The molecule has 0 spiro atoms. The predicted molar refractivity (Wildman–Crippen MR) is 78.2 cm³/mol. The Morgan fingerprint density at radius 3 is 2.25 bits per heavy atom. The predicted octanol–water partition coefficient (Wildman–Crippen LogP) is 3.88. The summed E-state index contributed by atoms with van der Waals surface area (Å²) in [5.41, 5.74) is 1.92. The molecular formula is C17H18O3. The van der Waals surface area contributed by atoms with Gasteiger partial charge in [0, 0.05) is 11.5 Å². The van der Waals surface area contributed by atoms with Gasteiger partial charge in [0.2, 0.25) is 0 Å². The van der Waals surface area contributed by atoms with Gasteiger partial charge in [-0.1, -0.05) is 44.2 Å². The molecule has 2 aromatic carbocycles. The van der Waals surface area contributed by atoms with Gasteiger partial charge in [-0.25, -0.2) is 4.79 Å². The van der Waals surface area contributed by atoms with Gasteiger partial charge in [0.05, 0.1) is 5.56 Å². The summed E-state index contributed by atoms with van der Waals surface area (Å²) < 4.78 is 0. The average Bonchev–Trinajstić information content (AvgIpc) is 2.41. The van der Waals surface area contributed by atoms with Crippen molar-refractivity contribution in [2.45, 2.75) is 19.8 Å². The molecule has 20 heavy (non-hydrogen) atoms. The molecule has 0 amide bonds. The number of carboxylic acid groups (broad SMARTS) is 1. The largest absolute Gasteiger partial charge is 0.508 e. The van der Waals surface area contributed by atoms with Crippen LogP contribution in [-0.4, -0.2) is 16.2 Å². The third-order valence-corrected chi connectivity index (χ3v) is 3.43. The normalized spacial score (nSPS) is 12.3. The third kappa shape index (κ3) is 2.82. The molecule has 1 unspecified atom stereocenters. The fourth-order valence-corrected chi connectivity index (χ4v) is 2.52. The third-order valence-electron chi connectivity index (χ3n) is 3.43. The van der Waals surface area contributed by atoms with Crippen LogP contribution in [0.1, 0.15) is 41.3 Å². The molecule has 0 bridgehead atoms. The lowest BCUT2D eigenvalue weighted by molar-refractivity contribution is 0.0696. The first-order valence-electron chi connectivity index (χ1n) is 6.62. The minimum atomic E-state index is -0.984. The van der Waals surface area contributed by atoms with Crippen molar-refractivity contribution in [1.29, 1.82) is 0 Å². The summed E-state index contributed by atoms with van der Waals surface area (Å²) in [5.74, 6) is -0.637. The van der Waals surface area contributed by atoms with E-state index in [-0.39, 0.29) is 23.1 Å². The van der Waals surface area contributed by atoms with E-state index in [1.165, 1.54) is 12.1 Å².